The van der Waals surface area contributed by atoms with Gasteiger partial charge in [0.15, 0.2) is 5.60 Å². The molecule has 192 valence electrons. The highest BCUT2D eigenvalue weighted by molar-refractivity contribution is 6.72. The van der Waals surface area contributed by atoms with Gasteiger partial charge in [-0.05, 0) is 50.6 Å². The second-order valence-electron chi connectivity index (χ2n) is 10.3. The van der Waals surface area contributed by atoms with Gasteiger partial charge >= 0.3 is 5.97 Å². The Bertz CT molecular complexity index is 1010. The highest BCUT2D eigenvalue weighted by Crippen LogP contribution is 2.60. The number of halogens is 1. The third-order valence-corrected chi connectivity index (χ3v) is 10.2. The van der Waals surface area contributed by atoms with Gasteiger partial charge in [-0.1, -0.05) is 6.92 Å². The summed E-state index contributed by atoms with van der Waals surface area (Å²) >= 11 is 0. The van der Waals surface area contributed by atoms with Crippen LogP contribution in [0.25, 0.3) is 0 Å². The van der Waals surface area contributed by atoms with E-state index in [1.807, 2.05) is 25.1 Å². The molecule has 0 radical (unpaired) electrons. The van der Waals surface area contributed by atoms with Crippen LogP contribution in [0, 0.1) is 5.92 Å². The molecule has 10 heteroatoms. The molecule has 0 aromatic heterocycles. The lowest BCUT2D eigenvalue weighted by Crippen LogP contribution is -2.46. The van der Waals surface area contributed by atoms with E-state index in [9.17, 15) is 19.5 Å². The molecule has 0 unspecified atom stereocenters. The minimum absolute atomic E-state index is 0.0247. The van der Waals surface area contributed by atoms with Gasteiger partial charge < -0.3 is 28.5 Å². The lowest BCUT2D eigenvalue weighted by Gasteiger charge is -2.33. The Labute approximate surface area is 206 Å². The molecule has 3 aliphatic heterocycles. The smallest absolute Gasteiger partial charge is 0.305 e. The molecule has 3 heterocycles. The summed E-state index contributed by atoms with van der Waals surface area (Å²) in [5.41, 5.74) is 0.208. The van der Waals surface area contributed by atoms with Crippen molar-refractivity contribution in [1.82, 2.24) is 0 Å². The Kier molecular flexibility index (Phi) is 7.09. The molecule has 0 saturated carbocycles. The van der Waals surface area contributed by atoms with Crippen molar-refractivity contribution in [1.29, 1.82) is 0 Å². The van der Waals surface area contributed by atoms with Crippen LogP contribution < -0.4 is 9.80 Å². The summed E-state index contributed by atoms with van der Waals surface area (Å²) in [6, 6.07) is 5.52. The summed E-state index contributed by atoms with van der Waals surface area (Å²) < 4.78 is 26.8. The number of hydrogen-bond donors (Lipinski definition) is 1. The molecular weight excluding hydrogens is 471 g/mol. The van der Waals surface area contributed by atoms with E-state index in [-0.39, 0.29) is 37.2 Å². The van der Waals surface area contributed by atoms with Crippen LogP contribution in [0.15, 0.2) is 18.2 Å². The predicted molar refractivity (Wildman–Crippen MR) is 131 cm³/mol. The molecule has 4 atom stereocenters. The average Bonchev–Trinajstić information content (AvgIpc) is 3.22. The first kappa shape index (κ1) is 25.8. The molecule has 1 aromatic carbocycles. The maximum atomic E-state index is 15.6. The molecule has 4 rings (SSSR count). The van der Waals surface area contributed by atoms with Gasteiger partial charge in [-0.25, -0.2) is 0 Å². The Morgan fingerprint density at radius 2 is 2.06 bits per heavy atom. The van der Waals surface area contributed by atoms with Crippen LogP contribution in [0.2, 0.25) is 18.6 Å². The van der Waals surface area contributed by atoms with Gasteiger partial charge in [0.25, 0.3) is 5.91 Å². The summed E-state index contributed by atoms with van der Waals surface area (Å²) in [6.45, 7) is 5.97. The minimum atomic E-state index is -3.27. The van der Waals surface area contributed by atoms with Crippen molar-refractivity contribution in [3.05, 3.63) is 23.8 Å². The van der Waals surface area contributed by atoms with Crippen molar-refractivity contribution in [2.45, 2.75) is 69.4 Å². The zero-order valence-electron chi connectivity index (χ0n) is 20.9. The van der Waals surface area contributed by atoms with Crippen LogP contribution in [0.5, 0.6) is 0 Å². The van der Waals surface area contributed by atoms with Gasteiger partial charge in [-0.2, -0.15) is 0 Å². The third kappa shape index (κ3) is 4.29. The first-order valence-electron chi connectivity index (χ1n) is 12.4. The van der Waals surface area contributed by atoms with Gasteiger partial charge in [-0.15, -0.1) is 0 Å². The molecule has 8 nitrogen and oxygen atoms in total. The third-order valence-electron chi connectivity index (χ3n) is 7.76. The fraction of sp³-hybridized carbons (Fsp3) is 0.640. The van der Waals surface area contributed by atoms with Crippen LogP contribution in [-0.2, 0) is 29.5 Å². The fourth-order valence-electron chi connectivity index (χ4n) is 6.05. The highest BCUT2D eigenvalue weighted by atomic mass is 28.4. The van der Waals surface area contributed by atoms with E-state index >= 15 is 4.11 Å². The first-order valence-corrected chi connectivity index (χ1v) is 15.3. The number of amides is 2. The number of benzene rings is 1. The van der Waals surface area contributed by atoms with Crippen LogP contribution in [-0.4, -0.2) is 64.2 Å². The van der Waals surface area contributed by atoms with E-state index in [1.54, 1.807) is 22.9 Å². The number of anilines is 2. The molecule has 1 spiro atoms. The molecular formula is C25H35FN2O6Si. The number of β-lactam (4-membered cyclic amide) rings is 1. The van der Waals surface area contributed by atoms with Crippen molar-refractivity contribution in [3.8, 4) is 0 Å². The maximum Gasteiger partial charge on any atom is 0.305 e. The molecule has 2 amide bonds. The van der Waals surface area contributed by atoms with Gasteiger partial charge in [0, 0.05) is 55.2 Å². The Balaban J connectivity index is 1.73. The van der Waals surface area contributed by atoms with Gasteiger partial charge in [-0.3, -0.25) is 14.4 Å². The van der Waals surface area contributed by atoms with E-state index in [1.165, 1.54) is 7.11 Å². The predicted octanol–water partition coefficient (Wildman–Crippen LogP) is 3.27. The normalized spacial score (nSPS) is 28.0. The van der Waals surface area contributed by atoms with Crippen LogP contribution in [0.1, 0.15) is 44.6 Å². The number of aliphatic hydroxyl groups is 1. The number of methoxy groups -OCH3 is 1. The van der Waals surface area contributed by atoms with E-state index in [2.05, 4.69) is 0 Å². The quantitative estimate of drug-likeness (QED) is 0.182. The Morgan fingerprint density at radius 3 is 2.63 bits per heavy atom. The monoisotopic (exact) mass is 506 g/mol. The number of esters is 1. The zero-order chi connectivity index (χ0) is 25.5. The fourth-order valence-corrected chi connectivity index (χ4v) is 8.59. The minimum Gasteiger partial charge on any atom is -0.469 e. The summed E-state index contributed by atoms with van der Waals surface area (Å²) in [5.74, 6) is -0.957. The first-order chi connectivity index (χ1) is 16.6. The van der Waals surface area contributed by atoms with Crippen molar-refractivity contribution in [2.24, 2.45) is 5.92 Å². The van der Waals surface area contributed by atoms with Crippen molar-refractivity contribution >= 4 is 37.6 Å². The number of fused-ring (bicyclic) bond motifs is 2. The largest absolute Gasteiger partial charge is 0.469 e. The average molecular weight is 507 g/mol. The number of ether oxygens (including phenoxy) is 2. The number of carbonyl (C=O) groups is 3. The molecule has 1 N–H and O–H groups in total. The second-order valence-corrected chi connectivity index (χ2v) is 14.1. The molecule has 35 heavy (non-hydrogen) atoms. The lowest BCUT2D eigenvalue weighted by atomic mass is 9.82. The number of nitrogens with zero attached hydrogens (tertiary/aromatic N) is 2. The molecule has 0 aliphatic carbocycles. The number of hydrogen-bond acceptors (Lipinski definition) is 6. The van der Waals surface area contributed by atoms with Gasteiger partial charge in [0.2, 0.25) is 14.3 Å². The topological polar surface area (TPSA) is 96.4 Å². The Morgan fingerprint density at radius 1 is 1.31 bits per heavy atom. The summed E-state index contributed by atoms with van der Waals surface area (Å²) in [7, 11) is -1.92. The van der Waals surface area contributed by atoms with Crippen molar-refractivity contribution in [3.63, 3.8) is 0 Å². The molecule has 0 bridgehead atoms. The van der Waals surface area contributed by atoms with Crippen molar-refractivity contribution in [2.75, 3.05) is 36.6 Å². The molecule has 3 aliphatic rings. The van der Waals surface area contributed by atoms with Crippen LogP contribution in [0.4, 0.5) is 15.5 Å². The van der Waals surface area contributed by atoms with E-state index in [4.69, 9.17) is 9.47 Å². The molecule has 2 saturated heterocycles. The maximum absolute atomic E-state index is 15.6. The second kappa shape index (κ2) is 9.63. The highest BCUT2D eigenvalue weighted by Gasteiger charge is 2.66. The van der Waals surface area contributed by atoms with Crippen LogP contribution in [0.3, 0.4) is 0 Å². The van der Waals surface area contributed by atoms with Crippen LogP contribution >= 0.6 is 0 Å². The zero-order valence-corrected chi connectivity index (χ0v) is 21.9. The number of carbonyl (C=O) groups excluding carboxylic acids is 3. The number of rotatable bonds is 9. The number of unbranched alkanes of at least 4 members (excludes halogenated alkanes) is 1. The van der Waals surface area contributed by atoms with E-state index < -0.39 is 31.6 Å². The summed E-state index contributed by atoms with van der Waals surface area (Å²) in [4.78, 5) is 41.1. The van der Waals surface area contributed by atoms with E-state index in [0.29, 0.717) is 49.3 Å². The summed E-state index contributed by atoms with van der Waals surface area (Å²) in [5, 5.41) is 9.67. The lowest BCUT2D eigenvalue weighted by molar-refractivity contribution is -0.146. The molecule has 2 fully saturated rings. The Hall–Kier alpha value is -2.30. The molecule has 1 aromatic rings. The standard InChI is InChI=1S/C25H35FN2O6Si/c1-16-23(35(3,4)26)20(11-14-29)34-25(16)18-15-17(27-13-10-21(27)30)8-9-19(18)28(24(25)32)12-6-5-7-22(31)33-2/h8-9,15-16,20,23,29H,5-7,10-14H2,1-4H3/t16-,20+,23-,25+/m0/s1. The van der Waals surface area contributed by atoms with Crippen molar-refractivity contribution < 1.29 is 33.1 Å². The van der Waals surface area contributed by atoms with Gasteiger partial charge in [0.1, 0.15) is 0 Å². The number of aliphatic hydroxyl groups excluding tert-OH is 1. The summed E-state index contributed by atoms with van der Waals surface area (Å²) in [6.07, 6.45) is 1.58. The van der Waals surface area contributed by atoms with E-state index in [0.717, 1.165) is 0 Å². The SMILES string of the molecule is COC(=O)CCCCN1C(=O)[C@]2(O[C@H](CCO)[C@@H]([Si](C)(C)F)[C@@H]2C)c2cc(N3CCC3=O)ccc21. The van der Waals surface area contributed by atoms with Gasteiger partial charge in [0.05, 0.1) is 18.9 Å².